The Hall–Kier alpha value is -4.17. The number of carbonyl (C=O) groups excluding carboxylic acids is 1. The molecule has 5 rings (SSSR count). The van der Waals surface area contributed by atoms with Gasteiger partial charge in [0.15, 0.2) is 0 Å². The lowest BCUT2D eigenvalue weighted by atomic mass is 10.1. The predicted molar refractivity (Wildman–Crippen MR) is 131 cm³/mol. The van der Waals surface area contributed by atoms with Crippen LogP contribution in [0.25, 0.3) is 16.7 Å². The molecule has 1 N–H and O–H groups in total. The number of nitrogens with zero attached hydrogens (tertiary/aromatic N) is 4. The molecule has 0 bridgehead atoms. The first-order valence-electron chi connectivity index (χ1n) is 10.6. The molecule has 8 nitrogen and oxygen atoms in total. The molecule has 3 aromatic carbocycles. The van der Waals surface area contributed by atoms with Crippen LogP contribution in [-0.4, -0.2) is 25.1 Å². The number of halogens is 1. The fourth-order valence-corrected chi connectivity index (χ4v) is 3.94. The van der Waals surface area contributed by atoms with Gasteiger partial charge in [0.2, 0.25) is 11.6 Å². The van der Waals surface area contributed by atoms with Gasteiger partial charge in [0.25, 0.3) is 5.88 Å². The minimum atomic E-state index is -0.467. The number of fused-ring (bicyclic) bond motifs is 3. The molecule has 9 heteroatoms. The minimum Gasteiger partial charge on any atom is -0.436 e. The molecule has 170 valence electrons. The van der Waals surface area contributed by atoms with Gasteiger partial charge in [-0.3, -0.25) is 4.79 Å². The van der Waals surface area contributed by atoms with Gasteiger partial charge in [0, 0.05) is 10.7 Å². The van der Waals surface area contributed by atoms with Gasteiger partial charge in [-0.1, -0.05) is 29.8 Å². The molecular weight excluding hydrogens is 454 g/mol. The van der Waals surface area contributed by atoms with E-state index >= 15 is 0 Å². The van der Waals surface area contributed by atoms with Crippen LogP contribution in [0.4, 0.5) is 5.69 Å². The van der Waals surface area contributed by atoms with Gasteiger partial charge in [-0.2, -0.15) is 0 Å². The zero-order valence-corrected chi connectivity index (χ0v) is 19.2. The van der Waals surface area contributed by atoms with Crippen molar-refractivity contribution in [3.05, 3.63) is 93.4 Å². The molecule has 0 radical (unpaired) electrons. The monoisotopic (exact) mass is 473 g/mol. The molecule has 0 aliphatic rings. The van der Waals surface area contributed by atoms with Crippen LogP contribution >= 0.6 is 11.6 Å². The molecule has 0 unspecified atom stereocenters. The van der Waals surface area contributed by atoms with Crippen LogP contribution in [0.3, 0.4) is 0 Å². The lowest BCUT2D eigenvalue weighted by molar-refractivity contribution is -0.117. The highest BCUT2D eigenvalue weighted by atomic mass is 35.5. The van der Waals surface area contributed by atoms with Gasteiger partial charge >= 0.3 is 5.69 Å². The summed E-state index contributed by atoms with van der Waals surface area (Å²) in [5.41, 5.74) is 3.54. The standard InChI is InChI=1S/C25H20ClN5O3/c1-15-11-16(2)13-19(12-15)34-24-23-29-30(14-22(32)27-18-9-7-17(26)8-10-18)25(33)31(23)21-6-4-3-5-20(21)28-24/h3-13H,14H2,1-2H3,(H,27,32). The molecule has 0 saturated carbocycles. The van der Waals surface area contributed by atoms with Crippen LogP contribution < -0.4 is 15.7 Å². The molecule has 34 heavy (non-hydrogen) atoms. The van der Waals surface area contributed by atoms with Crippen molar-refractivity contribution < 1.29 is 9.53 Å². The van der Waals surface area contributed by atoms with Crippen LogP contribution in [-0.2, 0) is 11.3 Å². The van der Waals surface area contributed by atoms with Gasteiger partial charge in [0.05, 0.1) is 11.0 Å². The van der Waals surface area contributed by atoms with Crippen molar-refractivity contribution in [2.45, 2.75) is 20.4 Å². The number of nitrogens with one attached hydrogen (secondary N) is 1. The topological polar surface area (TPSA) is 90.5 Å². The van der Waals surface area contributed by atoms with Crippen LogP contribution in [0.15, 0.2) is 71.5 Å². The molecule has 0 aliphatic heterocycles. The van der Waals surface area contributed by atoms with Crippen molar-refractivity contribution in [3.63, 3.8) is 0 Å². The Bertz CT molecular complexity index is 1590. The van der Waals surface area contributed by atoms with Gasteiger partial charge < -0.3 is 10.1 Å². The summed E-state index contributed by atoms with van der Waals surface area (Å²) in [6, 6.07) is 19.7. The minimum absolute atomic E-state index is 0.178. The van der Waals surface area contributed by atoms with Gasteiger partial charge in [-0.15, -0.1) is 5.10 Å². The molecule has 2 aromatic heterocycles. The van der Waals surface area contributed by atoms with E-state index in [0.29, 0.717) is 27.5 Å². The van der Waals surface area contributed by atoms with E-state index in [4.69, 9.17) is 16.3 Å². The summed E-state index contributed by atoms with van der Waals surface area (Å²) >= 11 is 5.89. The molecule has 0 aliphatic carbocycles. The Labute approximate surface area is 199 Å². The number of ether oxygens (including phenoxy) is 1. The second kappa shape index (κ2) is 8.64. The van der Waals surface area contributed by atoms with Crippen molar-refractivity contribution in [3.8, 4) is 11.6 Å². The van der Waals surface area contributed by atoms with Crippen molar-refractivity contribution >= 4 is 39.9 Å². The Morgan fingerprint density at radius 2 is 1.74 bits per heavy atom. The highest BCUT2D eigenvalue weighted by molar-refractivity contribution is 6.30. The number of aromatic nitrogens is 4. The third kappa shape index (κ3) is 4.23. The van der Waals surface area contributed by atoms with E-state index in [1.807, 2.05) is 44.2 Å². The smallest absolute Gasteiger partial charge is 0.351 e. The summed E-state index contributed by atoms with van der Waals surface area (Å²) in [7, 11) is 0. The predicted octanol–water partition coefficient (Wildman–Crippen LogP) is 4.75. The Balaban J connectivity index is 1.56. The number of rotatable bonds is 5. The number of hydrogen-bond acceptors (Lipinski definition) is 5. The van der Waals surface area contributed by atoms with Crippen LogP contribution in [0.2, 0.25) is 5.02 Å². The average Bonchev–Trinajstić information content (AvgIpc) is 3.11. The molecule has 1 amide bonds. The number of hydrogen-bond donors (Lipinski definition) is 1. The Morgan fingerprint density at radius 3 is 2.47 bits per heavy atom. The van der Waals surface area contributed by atoms with E-state index in [1.54, 1.807) is 36.4 Å². The van der Waals surface area contributed by atoms with Crippen molar-refractivity contribution in [1.29, 1.82) is 0 Å². The maximum Gasteiger partial charge on any atom is 0.351 e. The molecular formula is C25H20ClN5O3. The van der Waals surface area contributed by atoms with Gasteiger partial charge in [-0.05, 0) is 73.5 Å². The van der Waals surface area contributed by atoms with Gasteiger partial charge in [-0.25, -0.2) is 18.9 Å². The third-order valence-corrected chi connectivity index (χ3v) is 5.46. The lowest BCUT2D eigenvalue weighted by Gasteiger charge is -2.09. The third-order valence-electron chi connectivity index (χ3n) is 5.21. The second-order valence-electron chi connectivity index (χ2n) is 7.99. The van der Waals surface area contributed by atoms with Crippen LogP contribution in [0.5, 0.6) is 11.6 Å². The van der Waals surface area contributed by atoms with Crippen LogP contribution in [0, 0.1) is 13.8 Å². The summed E-state index contributed by atoms with van der Waals surface area (Å²) in [6.45, 7) is 3.67. The van der Waals surface area contributed by atoms with Crippen LogP contribution in [0.1, 0.15) is 11.1 Å². The fraction of sp³-hybridized carbons (Fsp3) is 0.120. The van der Waals surface area contributed by atoms with E-state index in [1.165, 1.54) is 4.40 Å². The Morgan fingerprint density at radius 1 is 1.03 bits per heavy atom. The summed E-state index contributed by atoms with van der Waals surface area (Å²) < 4.78 is 8.59. The quantitative estimate of drug-likeness (QED) is 0.398. The highest BCUT2D eigenvalue weighted by Gasteiger charge is 2.19. The summed E-state index contributed by atoms with van der Waals surface area (Å²) in [6.07, 6.45) is 0. The largest absolute Gasteiger partial charge is 0.436 e. The Kier molecular flexibility index (Phi) is 5.51. The molecule has 2 heterocycles. The average molecular weight is 474 g/mol. The van der Waals surface area contributed by atoms with E-state index in [0.717, 1.165) is 15.8 Å². The first kappa shape index (κ1) is 21.7. The summed E-state index contributed by atoms with van der Waals surface area (Å²) in [4.78, 5) is 30.5. The molecule has 0 spiro atoms. The fourth-order valence-electron chi connectivity index (χ4n) is 3.82. The number of benzene rings is 3. The van der Waals surface area contributed by atoms with E-state index in [-0.39, 0.29) is 18.1 Å². The summed E-state index contributed by atoms with van der Waals surface area (Å²) in [5.74, 6) is 0.365. The van der Waals surface area contributed by atoms with E-state index < -0.39 is 11.6 Å². The van der Waals surface area contributed by atoms with Crippen molar-refractivity contribution in [1.82, 2.24) is 19.2 Å². The van der Waals surface area contributed by atoms with Gasteiger partial charge in [0.1, 0.15) is 12.3 Å². The first-order valence-corrected chi connectivity index (χ1v) is 10.9. The number of aryl methyl sites for hydroxylation is 2. The second-order valence-corrected chi connectivity index (χ2v) is 8.42. The summed E-state index contributed by atoms with van der Waals surface area (Å²) in [5, 5.41) is 7.70. The molecule has 0 atom stereocenters. The molecule has 0 saturated heterocycles. The number of carbonyl (C=O) groups is 1. The normalized spacial score (nSPS) is 11.1. The number of anilines is 1. The lowest BCUT2D eigenvalue weighted by Crippen LogP contribution is -2.28. The maximum absolute atomic E-state index is 13.3. The zero-order valence-electron chi connectivity index (χ0n) is 18.4. The zero-order chi connectivity index (χ0) is 23.8. The SMILES string of the molecule is Cc1cc(C)cc(Oc2nc3ccccc3n3c(=O)n(CC(=O)Nc4ccc(Cl)cc4)nc23)c1. The molecule has 0 fully saturated rings. The number of amides is 1. The highest BCUT2D eigenvalue weighted by Crippen LogP contribution is 2.27. The van der Waals surface area contributed by atoms with E-state index in [2.05, 4.69) is 15.4 Å². The van der Waals surface area contributed by atoms with Crippen molar-refractivity contribution in [2.24, 2.45) is 0 Å². The van der Waals surface area contributed by atoms with Crippen molar-refractivity contribution in [2.75, 3.05) is 5.32 Å². The van der Waals surface area contributed by atoms with E-state index in [9.17, 15) is 9.59 Å². The molecule has 5 aromatic rings. The first-order chi connectivity index (χ1) is 16.4. The number of para-hydroxylation sites is 2. The maximum atomic E-state index is 13.3.